The van der Waals surface area contributed by atoms with Crippen molar-refractivity contribution in [2.45, 2.75) is 51.4 Å². The van der Waals surface area contributed by atoms with E-state index in [1.807, 2.05) is 18.2 Å². The number of rotatable bonds is 4. The monoisotopic (exact) mass is 428 g/mol. The Morgan fingerprint density at radius 2 is 1.31 bits per heavy atom. The Balaban J connectivity index is 1.80. The van der Waals surface area contributed by atoms with Crippen molar-refractivity contribution in [1.82, 2.24) is 0 Å². The predicted molar refractivity (Wildman–Crippen MR) is 130 cm³/mol. The van der Waals surface area contributed by atoms with E-state index in [1.54, 1.807) is 19.2 Å². The Kier molecular flexibility index (Phi) is 5.62. The summed E-state index contributed by atoms with van der Waals surface area (Å²) in [6.07, 6.45) is 2.38. The number of ether oxygens (including phenoxy) is 2. The van der Waals surface area contributed by atoms with E-state index >= 15 is 0 Å². The minimum Gasteiger partial charge on any atom is -0.496 e. The van der Waals surface area contributed by atoms with Crippen LogP contribution in [0, 0.1) is 0 Å². The molecule has 3 heteroatoms. The molecule has 3 nitrogen and oxygen atoms in total. The van der Waals surface area contributed by atoms with Crippen molar-refractivity contribution in [3.05, 3.63) is 77.4 Å². The van der Waals surface area contributed by atoms with E-state index in [0.29, 0.717) is 5.56 Å². The van der Waals surface area contributed by atoms with Gasteiger partial charge >= 0.3 is 5.97 Å². The summed E-state index contributed by atoms with van der Waals surface area (Å²) >= 11 is 0. The molecule has 4 rings (SSSR count). The van der Waals surface area contributed by atoms with Gasteiger partial charge in [0.05, 0.1) is 19.8 Å². The lowest BCUT2D eigenvalue weighted by molar-refractivity contribution is 0.0600. The molecular weight excluding hydrogens is 396 g/mol. The summed E-state index contributed by atoms with van der Waals surface area (Å²) in [6, 6.07) is 20.7. The van der Waals surface area contributed by atoms with E-state index in [1.165, 1.54) is 36.6 Å². The third-order valence-electron chi connectivity index (χ3n) is 7.00. The SMILES string of the molecule is COC(=O)c1ccc(-c2ccc(OC)c(-c3ccc4c(c3)C(C)(C)CCC4(C)C)c2)cc1. The van der Waals surface area contributed by atoms with Crippen molar-refractivity contribution in [2.24, 2.45) is 0 Å². The second-order valence-corrected chi connectivity index (χ2v) is 10.0. The zero-order valence-electron chi connectivity index (χ0n) is 19.9. The number of carbonyl (C=O) groups is 1. The first-order valence-corrected chi connectivity index (χ1v) is 11.2. The molecule has 0 N–H and O–H groups in total. The Morgan fingerprint density at radius 3 is 1.94 bits per heavy atom. The van der Waals surface area contributed by atoms with Gasteiger partial charge in [0.1, 0.15) is 5.75 Å². The first-order chi connectivity index (χ1) is 15.2. The van der Waals surface area contributed by atoms with Gasteiger partial charge in [0, 0.05) is 5.56 Å². The van der Waals surface area contributed by atoms with Crippen LogP contribution in [-0.2, 0) is 15.6 Å². The molecule has 0 atom stereocenters. The van der Waals surface area contributed by atoms with Crippen LogP contribution < -0.4 is 4.74 Å². The topological polar surface area (TPSA) is 35.5 Å². The summed E-state index contributed by atoms with van der Waals surface area (Å²) in [5, 5.41) is 0. The number of benzene rings is 3. The van der Waals surface area contributed by atoms with Crippen molar-refractivity contribution in [3.63, 3.8) is 0 Å². The fraction of sp³-hybridized carbons (Fsp3) is 0.345. The molecule has 0 heterocycles. The van der Waals surface area contributed by atoms with Gasteiger partial charge in [-0.05, 0) is 75.8 Å². The molecule has 3 aromatic rings. The molecule has 32 heavy (non-hydrogen) atoms. The van der Waals surface area contributed by atoms with E-state index in [9.17, 15) is 4.79 Å². The van der Waals surface area contributed by atoms with Gasteiger partial charge in [0.25, 0.3) is 0 Å². The fourth-order valence-corrected chi connectivity index (χ4v) is 4.79. The van der Waals surface area contributed by atoms with Crippen molar-refractivity contribution < 1.29 is 14.3 Å². The third-order valence-corrected chi connectivity index (χ3v) is 7.00. The molecule has 0 unspecified atom stereocenters. The highest BCUT2D eigenvalue weighted by molar-refractivity contribution is 5.90. The molecule has 1 aliphatic carbocycles. The Hall–Kier alpha value is -3.07. The largest absolute Gasteiger partial charge is 0.496 e. The van der Waals surface area contributed by atoms with Crippen molar-refractivity contribution in [2.75, 3.05) is 14.2 Å². The van der Waals surface area contributed by atoms with Gasteiger partial charge < -0.3 is 9.47 Å². The van der Waals surface area contributed by atoms with E-state index in [4.69, 9.17) is 9.47 Å². The van der Waals surface area contributed by atoms with Crippen molar-refractivity contribution in [3.8, 4) is 28.0 Å². The van der Waals surface area contributed by atoms with Gasteiger partial charge in [-0.25, -0.2) is 4.79 Å². The molecule has 0 saturated carbocycles. The second kappa shape index (κ2) is 8.12. The van der Waals surface area contributed by atoms with Gasteiger partial charge in [-0.1, -0.05) is 64.1 Å². The number of carbonyl (C=O) groups excluding carboxylic acids is 1. The summed E-state index contributed by atoms with van der Waals surface area (Å²) in [7, 11) is 3.11. The zero-order valence-corrected chi connectivity index (χ0v) is 19.9. The molecule has 0 aromatic heterocycles. The minimum atomic E-state index is -0.327. The zero-order chi connectivity index (χ0) is 23.1. The highest BCUT2D eigenvalue weighted by atomic mass is 16.5. The average molecular weight is 429 g/mol. The van der Waals surface area contributed by atoms with Gasteiger partial charge in [-0.2, -0.15) is 0 Å². The van der Waals surface area contributed by atoms with E-state index < -0.39 is 0 Å². The van der Waals surface area contributed by atoms with E-state index in [0.717, 1.165) is 22.4 Å². The lowest BCUT2D eigenvalue weighted by atomic mass is 9.63. The van der Waals surface area contributed by atoms with Crippen LogP contribution in [-0.4, -0.2) is 20.2 Å². The molecule has 166 valence electrons. The first-order valence-electron chi connectivity index (χ1n) is 11.2. The highest BCUT2D eigenvalue weighted by Crippen LogP contribution is 2.47. The Labute approximate surface area is 191 Å². The maximum absolute atomic E-state index is 11.8. The standard InChI is InChI=1S/C29H32O3/c1-28(2)15-16-29(3,4)25-18-22(11-13-24(25)28)23-17-21(12-14-26(23)31-5)19-7-9-20(10-8-19)27(30)32-6/h7-14,17-18H,15-16H2,1-6H3. The van der Waals surface area contributed by atoms with Crippen LogP contribution in [0.1, 0.15) is 62.0 Å². The van der Waals surface area contributed by atoms with Crippen LogP contribution >= 0.6 is 0 Å². The molecule has 0 amide bonds. The maximum Gasteiger partial charge on any atom is 0.337 e. The summed E-state index contributed by atoms with van der Waals surface area (Å²) in [4.78, 5) is 11.8. The quantitative estimate of drug-likeness (QED) is 0.413. The molecule has 0 spiro atoms. The second-order valence-electron chi connectivity index (χ2n) is 10.0. The van der Waals surface area contributed by atoms with Crippen LogP contribution in [0.5, 0.6) is 5.75 Å². The molecule has 0 radical (unpaired) electrons. The number of fused-ring (bicyclic) bond motifs is 1. The molecule has 1 aliphatic rings. The number of esters is 1. The smallest absolute Gasteiger partial charge is 0.337 e. The van der Waals surface area contributed by atoms with Crippen LogP contribution in [0.4, 0.5) is 0 Å². The van der Waals surface area contributed by atoms with Gasteiger partial charge in [0.15, 0.2) is 0 Å². The lowest BCUT2D eigenvalue weighted by Gasteiger charge is -2.42. The first kappa shape index (κ1) is 22.1. The normalized spacial score (nSPS) is 16.2. The van der Waals surface area contributed by atoms with E-state index in [2.05, 4.69) is 58.0 Å². The Morgan fingerprint density at radius 1 is 0.719 bits per heavy atom. The molecule has 0 bridgehead atoms. The van der Waals surface area contributed by atoms with Gasteiger partial charge in [0.2, 0.25) is 0 Å². The summed E-state index contributed by atoms with van der Waals surface area (Å²) < 4.78 is 10.5. The van der Waals surface area contributed by atoms with Crippen LogP contribution in [0.2, 0.25) is 0 Å². The molecule has 0 saturated heterocycles. The maximum atomic E-state index is 11.8. The third kappa shape index (κ3) is 3.92. The van der Waals surface area contributed by atoms with Crippen LogP contribution in [0.25, 0.3) is 22.3 Å². The van der Waals surface area contributed by atoms with Gasteiger partial charge in [-0.3, -0.25) is 0 Å². The van der Waals surface area contributed by atoms with Crippen LogP contribution in [0.3, 0.4) is 0 Å². The Bertz CT molecular complexity index is 1150. The van der Waals surface area contributed by atoms with Crippen molar-refractivity contribution >= 4 is 5.97 Å². The molecular formula is C29H32O3. The average Bonchev–Trinajstić information content (AvgIpc) is 2.81. The number of hydrogen-bond donors (Lipinski definition) is 0. The highest BCUT2D eigenvalue weighted by Gasteiger charge is 2.37. The molecule has 3 aromatic carbocycles. The van der Waals surface area contributed by atoms with Crippen molar-refractivity contribution in [1.29, 1.82) is 0 Å². The predicted octanol–water partition coefficient (Wildman–Crippen LogP) is 7.16. The summed E-state index contributed by atoms with van der Waals surface area (Å²) in [5.41, 5.74) is 8.13. The summed E-state index contributed by atoms with van der Waals surface area (Å²) in [5.74, 6) is 0.527. The lowest BCUT2D eigenvalue weighted by Crippen LogP contribution is -2.33. The molecule has 0 fully saturated rings. The van der Waals surface area contributed by atoms with Crippen LogP contribution in [0.15, 0.2) is 60.7 Å². The number of hydrogen-bond acceptors (Lipinski definition) is 3. The van der Waals surface area contributed by atoms with E-state index in [-0.39, 0.29) is 16.8 Å². The van der Waals surface area contributed by atoms with Gasteiger partial charge in [-0.15, -0.1) is 0 Å². The molecule has 0 aliphatic heterocycles. The minimum absolute atomic E-state index is 0.148. The fourth-order valence-electron chi connectivity index (χ4n) is 4.79. The summed E-state index contributed by atoms with van der Waals surface area (Å²) in [6.45, 7) is 9.39. The number of methoxy groups -OCH3 is 2.